The Labute approximate surface area is 291 Å². The molecule has 2 amide bonds. The van der Waals surface area contributed by atoms with Crippen LogP contribution in [0.1, 0.15) is 76.1 Å². The van der Waals surface area contributed by atoms with E-state index >= 15 is 0 Å². The van der Waals surface area contributed by atoms with E-state index in [9.17, 15) is 9.59 Å². The summed E-state index contributed by atoms with van der Waals surface area (Å²) in [6.07, 6.45) is 8.37. The topological polar surface area (TPSA) is 100 Å². The third-order valence-electron chi connectivity index (χ3n) is 10.2. The molecule has 0 atom stereocenters. The number of nitrogens with zero attached hydrogens (tertiary/aromatic N) is 6. The normalized spacial score (nSPS) is 17.2. The van der Waals surface area contributed by atoms with Crippen LogP contribution in [0.3, 0.4) is 0 Å². The van der Waals surface area contributed by atoms with Crippen molar-refractivity contribution in [1.82, 2.24) is 28.9 Å². The van der Waals surface area contributed by atoms with Gasteiger partial charge in [-0.25, -0.2) is 9.97 Å². The lowest BCUT2D eigenvalue weighted by Gasteiger charge is -2.32. The quantitative estimate of drug-likeness (QED) is 0.228. The number of fused-ring (bicyclic) bond motifs is 2. The van der Waals surface area contributed by atoms with Gasteiger partial charge in [-0.15, -0.1) is 0 Å². The molecule has 2 aromatic carbocycles. The lowest BCUT2D eigenvalue weighted by Crippen LogP contribution is -2.35. The van der Waals surface area contributed by atoms with Gasteiger partial charge in [-0.05, 0) is 37.9 Å². The van der Waals surface area contributed by atoms with Gasteiger partial charge in [0.25, 0.3) is 11.8 Å². The molecule has 7 rings (SSSR count). The molecule has 0 saturated heterocycles. The Hall–Kier alpha value is -3.70. The zero-order valence-electron chi connectivity index (χ0n) is 27.8. The van der Waals surface area contributed by atoms with Crippen molar-refractivity contribution >= 4 is 46.4 Å². The number of anilines is 2. The van der Waals surface area contributed by atoms with E-state index in [2.05, 4.69) is 25.4 Å². The van der Waals surface area contributed by atoms with E-state index in [1.54, 1.807) is 12.1 Å². The van der Waals surface area contributed by atoms with Crippen LogP contribution in [0.2, 0.25) is 10.0 Å². The average molecular weight is 690 g/mol. The lowest BCUT2D eigenvalue weighted by molar-refractivity contribution is 0.100. The molecular formula is C36H42Cl2N8O2. The van der Waals surface area contributed by atoms with Crippen LogP contribution < -0.4 is 10.6 Å². The Morgan fingerprint density at radius 3 is 1.83 bits per heavy atom. The summed E-state index contributed by atoms with van der Waals surface area (Å²) in [6.45, 7) is 4.49. The molecule has 0 spiro atoms. The highest BCUT2D eigenvalue weighted by atomic mass is 35.5. The van der Waals surface area contributed by atoms with Gasteiger partial charge >= 0.3 is 0 Å². The number of amides is 2. The largest absolute Gasteiger partial charge is 0.327 e. The SMILES string of the molecule is CN1CCc2c(nc(C(=O)Nc3cccc(-c4cccc(NC(=O)c5nc6c(n5C)CCN(CC5CCCCC5)C6)c4Cl)c3Cl)n2C)C1. The molecule has 3 aliphatic rings. The van der Waals surface area contributed by atoms with Crippen LogP contribution in [0.15, 0.2) is 36.4 Å². The molecular weight excluding hydrogens is 647 g/mol. The van der Waals surface area contributed by atoms with E-state index in [0.29, 0.717) is 50.7 Å². The van der Waals surface area contributed by atoms with Crippen molar-refractivity contribution in [3.05, 3.63) is 80.9 Å². The zero-order chi connectivity index (χ0) is 33.5. The Morgan fingerprint density at radius 1 is 0.750 bits per heavy atom. The van der Waals surface area contributed by atoms with Crippen LogP contribution in [0.5, 0.6) is 0 Å². The Morgan fingerprint density at radius 2 is 1.27 bits per heavy atom. The minimum atomic E-state index is -0.337. The maximum absolute atomic E-state index is 13.6. The first-order valence-corrected chi connectivity index (χ1v) is 17.6. The molecule has 12 heteroatoms. The fraction of sp³-hybridized carbons (Fsp3) is 0.444. The van der Waals surface area contributed by atoms with E-state index < -0.39 is 0 Å². The number of likely N-dealkylation sites (N-methyl/N-ethyl adjacent to an activating group) is 1. The van der Waals surface area contributed by atoms with Gasteiger partial charge in [0.1, 0.15) is 0 Å². The highest BCUT2D eigenvalue weighted by Gasteiger charge is 2.28. The number of rotatable bonds is 7. The van der Waals surface area contributed by atoms with Gasteiger partial charge in [0.2, 0.25) is 0 Å². The second-order valence-electron chi connectivity index (χ2n) is 13.5. The molecule has 2 aliphatic heterocycles. The maximum atomic E-state index is 13.6. The number of aromatic nitrogens is 4. The maximum Gasteiger partial charge on any atom is 0.291 e. The third kappa shape index (κ3) is 6.39. The van der Waals surface area contributed by atoms with Gasteiger partial charge in [0.05, 0.1) is 32.8 Å². The van der Waals surface area contributed by atoms with Crippen molar-refractivity contribution in [3.8, 4) is 11.1 Å². The molecule has 10 nitrogen and oxygen atoms in total. The molecule has 252 valence electrons. The number of imidazole rings is 2. The number of benzene rings is 2. The van der Waals surface area contributed by atoms with Crippen LogP contribution in [0, 0.1) is 5.92 Å². The highest BCUT2D eigenvalue weighted by Crippen LogP contribution is 2.40. The van der Waals surface area contributed by atoms with E-state index in [0.717, 1.165) is 67.7 Å². The first-order valence-electron chi connectivity index (χ1n) is 16.9. The Bertz CT molecular complexity index is 1880. The van der Waals surface area contributed by atoms with Crippen molar-refractivity contribution in [2.45, 2.75) is 58.0 Å². The molecule has 2 N–H and O–H groups in total. The molecule has 1 saturated carbocycles. The van der Waals surface area contributed by atoms with Crippen LogP contribution in [-0.4, -0.2) is 67.4 Å². The first-order chi connectivity index (χ1) is 23.2. The summed E-state index contributed by atoms with van der Waals surface area (Å²) in [6, 6.07) is 10.8. The monoisotopic (exact) mass is 688 g/mol. The average Bonchev–Trinajstić information content (AvgIpc) is 3.59. The van der Waals surface area contributed by atoms with Crippen molar-refractivity contribution in [3.63, 3.8) is 0 Å². The number of halogens is 2. The molecule has 4 heterocycles. The van der Waals surface area contributed by atoms with Gasteiger partial charge < -0.3 is 24.7 Å². The van der Waals surface area contributed by atoms with Crippen molar-refractivity contribution in [2.24, 2.45) is 20.0 Å². The summed E-state index contributed by atoms with van der Waals surface area (Å²) < 4.78 is 3.78. The smallest absolute Gasteiger partial charge is 0.291 e. The van der Waals surface area contributed by atoms with Gasteiger partial charge in [0.15, 0.2) is 11.6 Å². The van der Waals surface area contributed by atoms with Crippen molar-refractivity contribution in [1.29, 1.82) is 0 Å². The van der Waals surface area contributed by atoms with Crippen LogP contribution in [-0.2, 0) is 40.0 Å². The number of carbonyl (C=O) groups is 2. The number of carbonyl (C=O) groups excluding carboxylic acids is 2. The molecule has 1 aliphatic carbocycles. The van der Waals surface area contributed by atoms with Crippen LogP contribution in [0.4, 0.5) is 11.4 Å². The summed E-state index contributed by atoms with van der Waals surface area (Å²) in [5.74, 6) is 0.815. The Balaban J connectivity index is 1.07. The van der Waals surface area contributed by atoms with Gasteiger partial charge in [-0.1, -0.05) is 66.7 Å². The van der Waals surface area contributed by atoms with Crippen LogP contribution in [0.25, 0.3) is 11.1 Å². The molecule has 0 unspecified atom stereocenters. The molecule has 4 aromatic rings. The highest BCUT2D eigenvalue weighted by molar-refractivity contribution is 6.40. The molecule has 1 fully saturated rings. The van der Waals surface area contributed by atoms with Crippen molar-refractivity contribution < 1.29 is 9.59 Å². The summed E-state index contributed by atoms with van der Waals surface area (Å²) in [7, 11) is 5.83. The summed E-state index contributed by atoms with van der Waals surface area (Å²) >= 11 is 13.8. The standard InChI is InChI=1S/C36H42Cl2N8O2/c1-43-17-15-29-27(20-43)39-33(44(29)2)35(47)41-25-13-7-11-23(31(25)37)24-12-8-14-26(32(24)38)42-36(48)34-40-28-21-46(18-16-30(28)45(34)3)19-22-9-5-4-6-10-22/h7-8,11-14,22H,4-6,9-10,15-21H2,1-3H3,(H,41,47)(H,42,48). The second kappa shape index (κ2) is 13.7. The van der Waals surface area contributed by atoms with Gasteiger partial charge in [-0.3, -0.25) is 14.5 Å². The minimum absolute atomic E-state index is 0.319. The van der Waals surface area contributed by atoms with E-state index in [4.69, 9.17) is 28.2 Å². The third-order valence-corrected chi connectivity index (χ3v) is 11.0. The van der Waals surface area contributed by atoms with Gasteiger partial charge in [-0.2, -0.15) is 0 Å². The van der Waals surface area contributed by atoms with Gasteiger partial charge in [0, 0.05) is 82.2 Å². The summed E-state index contributed by atoms with van der Waals surface area (Å²) in [4.78, 5) is 41.1. The molecule has 48 heavy (non-hydrogen) atoms. The fourth-order valence-electron chi connectivity index (χ4n) is 7.57. The first kappa shape index (κ1) is 32.8. The molecule has 0 bridgehead atoms. The van der Waals surface area contributed by atoms with E-state index in [1.807, 2.05) is 54.5 Å². The number of hydrogen-bond donors (Lipinski definition) is 2. The minimum Gasteiger partial charge on any atom is -0.327 e. The Kier molecular flexibility index (Phi) is 9.35. The summed E-state index contributed by atoms with van der Waals surface area (Å²) in [5, 5.41) is 6.62. The van der Waals surface area contributed by atoms with Crippen molar-refractivity contribution in [2.75, 3.05) is 37.3 Å². The number of hydrogen-bond acceptors (Lipinski definition) is 6. The number of nitrogens with one attached hydrogen (secondary N) is 2. The second-order valence-corrected chi connectivity index (χ2v) is 14.3. The predicted molar refractivity (Wildman–Crippen MR) is 190 cm³/mol. The van der Waals surface area contributed by atoms with E-state index in [1.165, 1.54) is 32.1 Å². The predicted octanol–water partition coefficient (Wildman–Crippen LogP) is 6.56. The fourth-order valence-corrected chi connectivity index (χ4v) is 8.12. The summed E-state index contributed by atoms with van der Waals surface area (Å²) in [5.41, 5.74) is 6.24. The zero-order valence-corrected chi connectivity index (χ0v) is 29.3. The molecule has 0 radical (unpaired) electrons. The van der Waals surface area contributed by atoms with E-state index in [-0.39, 0.29) is 11.8 Å². The lowest BCUT2D eigenvalue weighted by atomic mass is 9.88. The molecule has 2 aromatic heterocycles. The van der Waals surface area contributed by atoms with Crippen LogP contribution >= 0.6 is 23.2 Å².